The minimum absolute atomic E-state index is 0.307. The van der Waals surface area contributed by atoms with Crippen LogP contribution in [0.2, 0.25) is 0 Å². The summed E-state index contributed by atoms with van der Waals surface area (Å²) in [5.41, 5.74) is 6.08. The highest BCUT2D eigenvalue weighted by atomic mass is 32.1. The van der Waals surface area contributed by atoms with Gasteiger partial charge in [0, 0.05) is 12.0 Å². The molecule has 25 heavy (non-hydrogen) atoms. The summed E-state index contributed by atoms with van der Waals surface area (Å²) in [4.78, 5) is 25.7. The van der Waals surface area contributed by atoms with Gasteiger partial charge in [0.1, 0.15) is 21.4 Å². The van der Waals surface area contributed by atoms with Gasteiger partial charge in [-0.1, -0.05) is 39.3 Å². The first-order valence-corrected chi connectivity index (χ1v) is 9.19. The van der Waals surface area contributed by atoms with Crippen molar-refractivity contribution < 1.29 is 14.3 Å². The maximum Gasteiger partial charge on any atom is 0.260 e. The Kier molecular flexibility index (Phi) is 12.0. The van der Waals surface area contributed by atoms with Crippen LogP contribution in [-0.2, 0) is 4.79 Å². The smallest absolute Gasteiger partial charge is 0.260 e. The third-order valence-electron chi connectivity index (χ3n) is 2.95. The van der Waals surface area contributed by atoms with Crippen LogP contribution in [0.1, 0.15) is 56.6 Å². The summed E-state index contributed by atoms with van der Waals surface area (Å²) < 4.78 is 5.12. The molecule has 1 amide bonds. The topological polar surface area (TPSA) is 82.3 Å². The molecule has 1 heterocycles. The number of hydrogen-bond donors (Lipinski definition) is 1. The Bertz CT molecular complexity index is 654. The van der Waals surface area contributed by atoms with Gasteiger partial charge in [0.05, 0.1) is 13.3 Å². The van der Waals surface area contributed by atoms with Crippen LogP contribution >= 0.6 is 11.3 Å². The normalized spacial score (nSPS) is 9.16. The van der Waals surface area contributed by atoms with E-state index in [1.54, 1.807) is 14.0 Å². The Balaban J connectivity index is 0.000000544. The van der Waals surface area contributed by atoms with E-state index in [9.17, 15) is 9.59 Å². The first-order chi connectivity index (χ1) is 12.0. The molecule has 0 saturated heterocycles. The molecule has 0 atom stereocenters. The second-order valence-electron chi connectivity index (χ2n) is 4.93. The fourth-order valence-corrected chi connectivity index (χ4v) is 2.47. The lowest BCUT2D eigenvalue weighted by Crippen LogP contribution is -2.08. The summed E-state index contributed by atoms with van der Waals surface area (Å²) in [6, 6.07) is 7.50. The zero-order valence-electron chi connectivity index (χ0n) is 15.7. The van der Waals surface area contributed by atoms with Crippen molar-refractivity contribution in [2.75, 3.05) is 7.11 Å². The number of unbranched alkanes of at least 4 members (excludes halogenated alkanes) is 1. The van der Waals surface area contributed by atoms with Crippen molar-refractivity contribution in [2.45, 2.75) is 47.0 Å². The predicted octanol–water partition coefficient (Wildman–Crippen LogP) is 4.71. The molecular weight excluding hydrogens is 336 g/mol. The molecule has 6 heteroatoms. The fourth-order valence-electron chi connectivity index (χ4n) is 1.70. The number of methoxy groups -OCH3 is 1. The highest BCUT2D eigenvalue weighted by Crippen LogP contribution is 2.27. The monoisotopic (exact) mass is 364 g/mol. The quantitative estimate of drug-likeness (QED) is 0.804. The number of thiazole rings is 1. The number of hydrogen-bond acceptors (Lipinski definition) is 5. The lowest BCUT2D eigenvalue weighted by atomic mass is 10.2. The Morgan fingerprint density at radius 3 is 2.40 bits per heavy atom. The van der Waals surface area contributed by atoms with Gasteiger partial charge in [0.15, 0.2) is 0 Å². The molecule has 0 bridgehead atoms. The van der Waals surface area contributed by atoms with E-state index in [1.165, 1.54) is 17.5 Å². The van der Waals surface area contributed by atoms with Crippen molar-refractivity contribution in [3.63, 3.8) is 0 Å². The number of amides is 1. The molecule has 2 N–H and O–H groups in total. The van der Waals surface area contributed by atoms with E-state index < -0.39 is 5.91 Å². The molecular formula is C19H28N2O3S. The minimum Gasteiger partial charge on any atom is -0.497 e. The van der Waals surface area contributed by atoms with Gasteiger partial charge in [-0.3, -0.25) is 4.79 Å². The van der Waals surface area contributed by atoms with Crippen LogP contribution in [-0.4, -0.2) is 23.8 Å². The van der Waals surface area contributed by atoms with Gasteiger partial charge in [-0.15, -0.1) is 11.3 Å². The van der Waals surface area contributed by atoms with E-state index in [0.29, 0.717) is 10.7 Å². The van der Waals surface area contributed by atoms with Crippen LogP contribution in [0.4, 0.5) is 0 Å². The van der Waals surface area contributed by atoms with E-state index in [-0.39, 0.29) is 0 Å². The Morgan fingerprint density at radius 1 is 1.28 bits per heavy atom. The van der Waals surface area contributed by atoms with E-state index in [4.69, 9.17) is 10.5 Å². The van der Waals surface area contributed by atoms with Crippen LogP contribution in [0.15, 0.2) is 30.5 Å². The molecule has 0 radical (unpaired) electrons. The van der Waals surface area contributed by atoms with E-state index in [2.05, 4.69) is 11.9 Å². The largest absolute Gasteiger partial charge is 0.497 e. The van der Waals surface area contributed by atoms with Crippen LogP contribution in [0.25, 0.3) is 10.6 Å². The Hall–Kier alpha value is -2.21. The highest BCUT2D eigenvalue weighted by molar-refractivity contribution is 7.16. The lowest BCUT2D eigenvalue weighted by molar-refractivity contribution is -0.117. The highest BCUT2D eigenvalue weighted by Gasteiger charge is 2.08. The van der Waals surface area contributed by atoms with E-state index in [1.807, 2.05) is 38.1 Å². The average Bonchev–Trinajstić information content (AvgIpc) is 3.13. The summed E-state index contributed by atoms with van der Waals surface area (Å²) in [5.74, 6) is 0.613. The van der Waals surface area contributed by atoms with E-state index >= 15 is 0 Å². The van der Waals surface area contributed by atoms with Gasteiger partial charge in [-0.05, 0) is 25.5 Å². The van der Waals surface area contributed by atoms with Crippen LogP contribution in [0.5, 0.6) is 5.75 Å². The third-order valence-corrected chi connectivity index (χ3v) is 4.01. The van der Waals surface area contributed by atoms with E-state index in [0.717, 1.165) is 35.6 Å². The molecule has 1 aromatic heterocycles. The third kappa shape index (κ3) is 9.00. The van der Waals surface area contributed by atoms with Crippen molar-refractivity contribution in [1.82, 2.24) is 4.98 Å². The molecule has 138 valence electrons. The van der Waals surface area contributed by atoms with Crippen molar-refractivity contribution in [2.24, 2.45) is 5.73 Å². The molecule has 0 fully saturated rings. The van der Waals surface area contributed by atoms with Crippen molar-refractivity contribution in [1.29, 1.82) is 0 Å². The zero-order chi connectivity index (χ0) is 19.2. The summed E-state index contributed by atoms with van der Waals surface area (Å²) in [6.45, 7) is 7.72. The number of carbonyl (C=O) groups is 2. The maximum absolute atomic E-state index is 10.9. The van der Waals surface area contributed by atoms with Crippen molar-refractivity contribution in [3.8, 4) is 16.3 Å². The molecule has 0 aliphatic heterocycles. The molecule has 1 aromatic carbocycles. The number of nitrogens with two attached hydrogens (primary N) is 1. The van der Waals surface area contributed by atoms with Gasteiger partial charge in [-0.2, -0.15) is 0 Å². The number of Topliss-reactive ketones (excluding diaryl/α,β-unsaturated/α-hetero) is 1. The number of nitrogens with zero attached hydrogens (tertiary/aromatic N) is 1. The molecule has 0 spiro atoms. The maximum atomic E-state index is 10.9. The van der Waals surface area contributed by atoms with Gasteiger partial charge in [0.25, 0.3) is 5.91 Å². The van der Waals surface area contributed by atoms with Crippen molar-refractivity contribution in [3.05, 3.63) is 35.3 Å². The second kappa shape index (κ2) is 13.1. The number of primary amides is 1. The van der Waals surface area contributed by atoms with Gasteiger partial charge >= 0.3 is 0 Å². The number of ketones is 1. The Morgan fingerprint density at radius 2 is 1.96 bits per heavy atom. The van der Waals surface area contributed by atoms with Crippen LogP contribution < -0.4 is 10.5 Å². The van der Waals surface area contributed by atoms with Crippen LogP contribution in [0, 0.1) is 0 Å². The number of benzene rings is 1. The number of carbonyl (C=O) groups excluding carboxylic acids is 2. The average molecular weight is 365 g/mol. The molecule has 0 aliphatic rings. The molecule has 2 aromatic rings. The summed E-state index contributed by atoms with van der Waals surface area (Å²) in [7, 11) is 1.61. The summed E-state index contributed by atoms with van der Waals surface area (Å²) in [6.07, 6.45) is 4.42. The predicted molar refractivity (Wildman–Crippen MR) is 104 cm³/mol. The summed E-state index contributed by atoms with van der Waals surface area (Å²) >= 11 is 1.27. The second-order valence-corrected chi connectivity index (χ2v) is 5.96. The zero-order valence-corrected chi connectivity index (χ0v) is 16.5. The molecule has 0 aliphatic carbocycles. The van der Waals surface area contributed by atoms with Gasteiger partial charge in [0.2, 0.25) is 0 Å². The number of rotatable bonds is 6. The summed E-state index contributed by atoms with van der Waals surface area (Å²) in [5, 5.41) is 0.757. The Labute approximate surface area is 154 Å². The van der Waals surface area contributed by atoms with Gasteiger partial charge < -0.3 is 15.3 Å². The number of ether oxygens (including phenoxy) is 1. The minimum atomic E-state index is -0.452. The fraction of sp³-hybridized carbons (Fsp3) is 0.421. The van der Waals surface area contributed by atoms with Crippen molar-refractivity contribution >= 4 is 23.0 Å². The first-order valence-electron chi connectivity index (χ1n) is 8.37. The molecule has 0 saturated carbocycles. The first kappa shape index (κ1) is 22.8. The molecule has 2 rings (SSSR count). The molecule has 0 unspecified atom stereocenters. The standard InChI is InChI=1S/C11H10N2O2S.C6H12O.C2H6/c1-15-8-4-2-3-7(5-8)11-13-6-9(16-11)10(12)14;1-3-4-5-6(2)7;1-2/h2-6H,1H3,(H2,12,14);3-5H2,1-2H3;1-2H3. The van der Waals surface area contributed by atoms with Gasteiger partial charge in [-0.25, -0.2) is 4.98 Å². The number of aromatic nitrogens is 1. The SMILES string of the molecule is CC.CCCCC(C)=O.COc1cccc(-c2ncc(C(N)=O)s2)c1. The molecule has 5 nitrogen and oxygen atoms in total. The van der Waals surface area contributed by atoms with Crippen LogP contribution in [0.3, 0.4) is 0 Å². The lowest BCUT2D eigenvalue weighted by Gasteiger charge is -2.00.